The summed E-state index contributed by atoms with van der Waals surface area (Å²) in [6, 6.07) is 11.7. The predicted octanol–water partition coefficient (Wildman–Crippen LogP) is 3.26. The van der Waals surface area contributed by atoms with Gasteiger partial charge in [-0.15, -0.1) is 0 Å². The van der Waals surface area contributed by atoms with Crippen molar-refractivity contribution in [2.45, 2.75) is 26.4 Å². The predicted molar refractivity (Wildman–Crippen MR) is 121 cm³/mol. The van der Waals surface area contributed by atoms with Crippen LogP contribution in [0.15, 0.2) is 51.9 Å². The van der Waals surface area contributed by atoms with Crippen molar-refractivity contribution in [3.8, 4) is 0 Å². The highest BCUT2D eigenvalue weighted by molar-refractivity contribution is 7.80. The standard InChI is InChI=1S/C22H28N4O2S/c1-16-7-8-20-17(12-16)13-18(21(27)24-20)14-26(15-19-6-4-11-28-19)22(29)23-9-5-10-25(2)3/h4,6-8,11-13H,5,9-10,14-15H2,1-3H3,(H,23,29)(H,24,27). The molecule has 154 valence electrons. The molecule has 0 saturated heterocycles. The molecule has 0 radical (unpaired) electrons. The van der Waals surface area contributed by atoms with E-state index in [-0.39, 0.29) is 5.56 Å². The molecule has 0 amide bonds. The lowest BCUT2D eigenvalue weighted by Crippen LogP contribution is -2.40. The van der Waals surface area contributed by atoms with Gasteiger partial charge in [-0.3, -0.25) is 4.79 Å². The molecule has 0 saturated carbocycles. The molecular weight excluding hydrogens is 384 g/mol. The summed E-state index contributed by atoms with van der Waals surface area (Å²) in [4.78, 5) is 19.7. The van der Waals surface area contributed by atoms with Crippen LogP contribution in [0.25, 0.3) is 10.9 Å². The number of benzene rings is 1. The third-order valence-electron chi connectivity index (χ3n) is 4.71. The van der Waals surface area contributed by atoms with Gasteiger partial charge in [0.15, 0.2) is 5.11 Å². The molecule has 3 rings (SSSR count). The van der Waals surface area contributed by atoms with E-state index in [9.17, 15) is 4.79 Å². The van der Waals surface area contributed by atoms with Crippen molar-refractivity contribution >= 4 is 28.2 Å². The lowest BCUT2D eigenvalue weighted by Gasteiger charge is -2.25. The van der Waals surface area contributed by atoms with E-state index in [1.165, 1.54) is 0 Å². The Morgan fingerprint density at radius 1 is 1.21 bits per heavy atom. The minimum atomic E-state index is -0.0961. The average molecular weight is 413 g/mol. The Hall–Kier alpha value is -2.64. The molecule has 0 aliphatic carbocycles. The molecule has 0 spiro atoms. The van der Waals surface area contributed by atoms with Gasteiger partial charge in [-0.05, 0) is 81.9 Å². The molecule has 2 aromatic heterocycles. The van der Waals surface area contributed by atoms with Crippen molar-refractivity contribution in [1.82, 2.24) is 20.1 Å². The Labute approximate surface area is 176 Å². The molecule has 0 aliphatic rings. The molecule has 1 aromatic carbocycles. The molecule has 0 bridgehead atoms. The van der Waals surface area contributed by atoms with Gasteiger partial charge in [0.1, 0.15) is 5.76 Å². The van der Waals surface area contributed by atoms with Crippen molar-refractivity contribution in [1.29, 1.82) is 0 Å². The van der Waals surface area contributed by atoms with Crippen molar-refractivity contribution in [2.75, 3.05) is 27.2 Å². The first-order chi connectivity index (χ1) is 13.9. The lowest BCUT2D eigenvalue weighted by atomic mass is 10.1. The second-order valence-corrected chi connectivity index (χ2v) is 7.93. The van der Waals surface area contributed by atoms with Gasteiger partial charge in [-0.2, -0.15) is 0 Å². The fourth-order valence-corrected chi connectivity index (χ4v) is 3.42. The second kappa shape index (κ2) is 9.71. The second-order valence-electron chi connectivity index (χ2n) is 7.54. The molecule has 7 heteroatoms. The quantitative estimate of drug-likeness (QED) is 0.437. The Bertz CT molecular complexity index is 1010. The van der Waals surface area contributed by atoms with Crippen molar-refractivity contribution in [3.05, 3.63) is 69.9 Å². The van der Waals surface area contributed by atoms with Gasteiger partial charge in [-0.25, -0.2) is 0 Å². The summed E-state index contributed by atoms with van der Waals surface area (Å²) in [6.07, 6.45) is 2.63. The SMILES string of the molecule is Cc1ccc2[nH]c(=O)c(CN(Cc3ccco3)C(=S)NCCCN(C)C)cc2c1. The maximum atomic E-state index is 12.6. The van der Waals surface area contributed by atoms with Crippen molar-refractivity contribution in [3.63, 3.8) is 0 Å². The number of nitrogens with one attached hydrogen (secondary N) is 2. The van der Waals surface area contributed by atoms with E-state index in [0.717, 1.165) is 41.7 Å². The first-order valence-electron chi connectivity index (χ1n) is 9.75. The molecule has 6 nitrogen and oxygen atoms in total. The highest BCUT2D eigenvalue weighted by atomic mass is 32.1. The number of H-pyrrole nitrogens is 1. The molecular formula is C22H28N4O2S. The van der Waals surface area contributed by atoms with E-state index in [1.807, 2.05) is 42.2 Å². The Kier molecular flexibility index (Phi) is 7.06. The molecule has 0 unspecified atom stereocenters. The molecule has 2 heterocycles. The first-order valence-corrected chi connectivity index (χ1v) is 10.2. The van der Waals surface area contributed by atoms with Crippen LogP contribution in [0.4, 0.5) is 0 Å². The number of aromatic amines is 1. The number of aryl methyl sites for hydroxylation is 1. The molecule has 3 aromatic rings. The first kappa shape index (κ1) is 21.1. The average Bonchev–Trinajstić information content (AvgIpc) is 3.18. The van der Waals surface area contributed by atoms with Gasteiger partial charge in [-0.1, -0.05) is 11.6 Å². The Morgan fingerprint density at radius 2 is 2.03 bits per heavy atom. The summed E-state index contributed by atoms with van der Waals surface area (Å²) in [7, 11) is 4.10. The van der Waals surface area contributed by atoms with Crippen LogP contribution in [0.3, 0.4) is 0 Å². The zero-order valence-electron chi connectivity index (χ0n) is 17.2. The summed E-state index contributed by atoms with van der Waals surface area (Å²) in [5.74, 6) is 0.801. The number of hydrogen-bond donors (Lipinski definition) is 2. The van der Waals surface area contributed by atoms with E-state index in [0.29, 0.717) is 23.8 Å². The molecule has 0 aliphatic heterocycles. The molecule has 0 atom stereocenters. The van der Waals surface area contributed by atoms with E-state index in [2.05, 4.69) is 35.4 Å². The normalized spacial score (nSPS) is 11.2. The number of pyridine rings is 1. The van der Waals surface area contributed by atoms with Crippen LogP contribution in [-0.4, -0.2) is 47.1 Å². The van der Waals surface area contributed by atoms with Gasteiger partial charge in [0.05, 0.1) is 19.4 Å². The van der Waals surface area contributed by atoms with E-state index in [4.69, 9.17) is 16.6 Å². The minimum Gasteiger partial charge on any atom is -0.467 e. The summed E-state index contributed by atoms with van der Waals surface area (Å²) in [5.41, 5.74) is 2.57. The summed E-state index contributed by atoms with van der Waals surface area (Å²) in [5, 5.41) is 4.94. The van der Waals surface area contributed by atoms with Crippen LogP contribution in [-0.2, 0) is 13.1 Å². The number of fused-ring (bicyclic) bond motifs is 1. The number of nitrogens with zero attached hydrogens (tertiary/aromatic N) is 2. The largest absolute Gasteiger partial charge is 0.467 e. The van der Waals surface area contributed by atoms with Crippen molar-refractivity contribution in [2.24, 2.45) is 0 Å². The Morgan fingerprint density at radius 3 is 2.76 bits per heavy atom. The third-order valence-corrected chi connectivity index (χ3v) is 5.11. The van der Waals surface area contributed by atoms with Gasteiger partial charge in [0.25, 0.3) is 5.56 Å². The number of rotatable bonds is 8. The number of thiocarbonyl (C=S) groups is 1. The van der Waals surface area contributed by atoms with Crippen LogP contribution >= 0.6 is 12.2 Å². The van der Waals surface area contributed by atoms with Crippen LogP contribution in [0.2, 0.25) is 0 Å². The van der Waals surface area contributed by atoms with Gasteiger partial charge in [0.2, 0.25) is 0 Å². The lowest BCUT2D eigenvalue weighted by molar-refractivity contribution is 0.348. The van der Waals surface area contributed by atoms with Gasteiger partial charge < -0.3 is 24.5 Å². The van der Waals surface area contributed by atoms with E-state index in [1.54, 1.807) is 6.26 Å². The highest BCUT2D eigenvalue weighted by Gasteiger charge is 2.15. The summed E-state index contributed by atoms with van der Waals surface area (Å²) in [6.45, 7) is 4.70. The maximum Gasteiger partial charge on any atom is 0.253 e. The molecule has 0 fully saturated rings. The molecule has 2 N–H and O–H groups in total. The van der Waals surface area contributed by atoms with Crippen LogP contribution in [0.1, 0.15) is 23.3 Å². The topological polar surface area (TPSA) is 64.5 Å². The zero-order valence-corrected chi connectivity index (χ0v) is 18.0. The number of furan rings is 1. The third kappa shape index (κ3) is 5.92. The fourth-order valence-electron chi connectivity index (χ4n) is 3.19. The summed E-state index contributed by atoms with van der Waals surface area (Å²) < 4.78 is 5.50. The Balaban J connectivity index is 1.78. The van der Waals surface area contributed by atoms with Crippen molar-refractivity contribution < 1.29 is 4.42 Å². The van der Waals surface area contributed by atoms with Crippen LogP contribution in [0.5, 0.6) is 0 Å². The summed E-state index contributed by atoms with van der Waals surface area (Å²) >= 11 is 5.63. The number of aromatic nitrogens is 1. The fraction of sp³-hybridized carbons (Fsp3) is 0.364. The van der Waals surface area contributed by atoms with E-state index < -0.39 is 0 Å². The zero-order chi connectivity index (χ0) is 20.8. The van der Waals surface area contributed by atoms with Gasteiger partial charge in [0, 0.05) is 17.6 Å². The van der Waals surface area contributed by atoms with Gasteiger partial charge >= 0.3 is 0 Å². The molecule has 29 heavy (non-hydrogen) atoms. The monoisotopic (exact) mass is 412 g/mol. The highest BCUT2D eigenvalue weighted by Crippen LogP contribution is 2.15. The number of hydrogen-bond acceptors (Lipinski definition) is 4. The van der Waals surface area contributed by atoms with Crippen LogP contribution < -0.4 is 10.9 Å². The van der Waals surface area contributed by atoms with E-state index >= 15 is 0 Å². The van der Waals surface area contributed by atoms with Crippen LogP contribution in [0, 0.1) is 6.92 Å². The minimum absolute atomic E-state index is 0.0961. The smallest absolute Gasteiger partial charge is 0.253 e. The maximum absolute atomic E-state index is 12.6.